The van der Waals surface area contributed by atoms with Crippen molar-refractivity contribution in [2.24, 2.45) is 16.0 Å². The summed E-state index contributed by atoms with van der Waals surface area (Å²) in [5.74, 6) is 0.281. The summed E-state index contributed by atoms with van der Waals surface area (Å²) in [6.45, 7) is 0.237. The first-order valence-corrected chi connectivity index (χ1v) is 7.56. The first kappa shape index (κ1) is 18.8. The first-order valence-electron chi connectivity index (χ1n) is 7.56. The lowest BCUT2D eigenvalue weighted by atomic mass is 10.3. The van der Waals surface area contributed by atoms with Gasteiger partial charge in [-0.15, -0.1) is 10.2 Å². The van der Waals surface area contributed by atoms with Crippen molar-refractivity contribution in [2.75, 3.05) is 24.7 Å². The molecule has 0 saturated heterocycles. The molecule has 0 radical (unpaired) electrons. The molecular weight excluding hydrogens is 340 g/mol. The number of ether oxygens (including phenoxy) is 2. The van der Waals surface area contributed by atoms with Crippen molar-refractivity contribution in [3.63, 3.8) is 0 Å². The zero-order chi connectivity index (χ0) is 18.9. The molecule has 0 spiro atoms. The second-order valence-corrected chi connectivity index (χ2v) is 4.91. The van der Waals surface area contributed by atoms with Gasteiger partial charge in [-0.3, -0.25) is 4.79 Å². The van der Waals surface area contributed by atoms with E-state index in [1.807, 2.05) is 0 Å². The highest BCUT2D eigenvalue weighted by molar-refractivity contribution is 5.90. The Labute approximate surface area is 149 Å². The Hall–Kier alpha value is -3.53. The maximum atomic E-state index is 11.5. The van der Waals surface area contributed by atoms with Crippen molar-refractivity contribution in [2.45, 2.75) is 6.42 Å². The van der Waals surface area contributed by atoms with Crippen LogP contribution in [0.25, 0.3) is 0 Å². The molecule has 26 heavy (non-hydrogen) atoms. The highest BCUT2D eigenvalue weighted by Gasteiger charge is 2.09. The molecule has 0 unspecified atom stereocenters. The van der Waals surface area contributed by atoms with Crippen LogP contribution in [0.5, 0.6) is 5.75 Å². The van der Waals surface area contributed by atoms with E-state index in [4.69, 9.17) is 16.2 Å². The maximum Gasteiger partial charge on any atom is 0.513 e. The van der Waals surface area contributed by atoms with Gasteiger partial charge in [0.15, 0.2) is 11.6 Å². The molecule has 1 heterocycles. The standard InChI is InChI=1S/C16H18N6O4/c1-25-16(24)26-12-5-3-2-4-10(12)21-22-11-6-7-13(20-15(11)18)19-14(23)8-9-17/h2-7H,8-9,17H2,1H3,(H3,18,19,20,23)/b22-21+. The number of methoxy groups -OCH3 is 1. The van der Waals surface area contributed by atoms with E-state index in [1.54, 1.807) is 30.3 Å². The lowest BCUT2D eigenvalue weighted by molar-refractivity contribution is -0.116. The van der Waals surface area contributed by atoms with E-state index in [0.717, 1.165) is 0 Å². The molecule has 1 aromatic heterocycles. The lowest BCUT2D eigenvalue weighted by Crippen LogP contribution is -2.17. The van der Waals surface area contributed by atoms with Crippen LogP contribution in [0.1, 0.15) is 6.42 Å². The zero-order valence-corrected chi connectivity index (χ0v) is 14.0. The molecule has 10 heteroatoms. The third-order valence-electron chi connectivity index (χ3n) is 3.03. The summed E-state index contributed by atoms with van der Waals surface area (Å²) in [4.78, 5) is 26.8. The number of benzene rings is 1. The molecule has 5 N–H and O–H groups in total. The van der Waals surface area contributed by atoms with Gasteiger partial charge in [-0.1, -0.05) is 12.1 Å². The number of nitrogens with zero attached hydrogens (tertiary/aromatic N) is 3. The van der Waals surface area contributed by atoms with E-state index < -0.39 is 6.16 Å². The van der Waals surface area contributed by atoms with E-state index in [0.29, 0.717) is 5.69 Å². The van der Waals surface area contributed by atoms with Crippen LogP contribution >= 0.6 is 0 Å². The van der Waals surface area contributed by atoms with Crippen molar-refractivity contribution < 1.29 is 19.1 Å². The highest BCUT2D eigenvalue weighted by atomic mass is 16.7. The number of para-hydroxylation sites is 1. The zero-order valence-electron chi connectivity index (χ0n) is 14.0. The van der Waals surface area contributed by atoms with Crippen LogP contribution in [0.2, 0.25) is 0 Å². The molecule has 0 atom stereocenters. The smallest absolute Gasteiger partial charge is 0.437 e. The number of rotatable bonds is 6. The Morgan fingerprint density at radius 2 is 1.88 bits per heavy atom. The monoisotopic (exact) mass is 358 g/mol. The molecule has 1 amide bonds. The highest BCUT2D eigenvalue weighted by Crippen LogP contribution is 2.30. The van der Waals surface area contributed by atoms with E-state index in [-0.39, 0.29) is 41.9 Å². The number of azo groups is 1. The Balaban J connectivity index is 2.16. The number of anilines is 2. The molecule has 0 aliphatic heterocycles. The lowest BCUT2D eigenvalue weighted by Gasteiger charge is -2.06. The van der Waals surface area contributed by atoms with Gasteiger partial charge in [0.1, 0.15) is 17.2 Å². The number of carbonyl (C=O) groups excluding carboxylic acids is 2. The minimum absolute atomic E-state index is 0.0747. The van der Waals surface area contributed by atoms with Crippen LogP contribution in [0, 0.1) is 0 Å². The summed E-state index contributed by atoms with van der Waals surface area (Å²) < 4.78 is 9.43. The SMILES string of the molecule is COC(=O)Oc1ccccc1/N=N/c1ccc(NC(=O)CCN)nc1N. The largest absolute Gasteiger partial charge is 0.513 e. The van der Waals surface area contributed by atoms with Crippen molar-refractivity contribution in [1.82, 2.24) is 4.98 Å². The van der Waals surface area contributed by atoms with Crippen LogP contribution in [0.4, 0.5) is 27.8 Å². The van der Waals surface area contributed by atoms with Crippen molar-refractivity contribution >= 4 is 35.1 Å². The number of nitrogens with one attached hydrogen (secondary N) is 1. The van der Waals surface area contributed by atoms with Crippen LogP contribution in [-0.4, -0.2) is 30.7 Å². The minimum Gasteiger partial charge on any atom is -0.437 e. The molecule has 2 rings (SSSR count). The number of amides is 1. The van der Waals surface area contributed by atoms with Gasteiger partial charge in [-0.2, -0.15) is 0 Å². The maximum absolute atomic E-state index is 11.5. The van der Waals surface area contributed by atoms with Gasteiger partial charge in [0.25, 0.3) is 0 Å². The van der Waals surface area contributed by atoms with Crippen LogP contribution in [-0.2, 0) is 9.53 Å². The fraction of sp³-hybridized carbons (Fsp3) is 0.188. The van der Waals surface area contributed by atoms with Crippen LogP contribution < -0.4 is 21.5 Å². The number of nitrogen functional groups attached to an aromatic ring is 1. The molecule has 136 valence electrons. The quantitative estimate of drug-likeness (QED) is 0.407. The van der Waals surface area contributed by atoms with Gasteiger partial charge < -0.3 is 26.3 Å². The number of pyridine rings is 1. The average Bonchev–Trinajstić information content (AvgIpc) is 2.62. The number of hydrogen-bond acceptors (Lipinski definition) is 9. The molecule has 0 aliphatic rings. The number of nitrogens with two attached hydrogens (primary N) is 2. The van der Waals surface area contributed by atoms with E-state index in [1.165, 1.54) is 13.2 Å². The van der Waals surface area contributed by atoms with E-state index >= 15 is 0 Å². The number of aromatic nitrogens is 1. The third kappa shape index (κ3) is 5.24. The minimum atomic E-state index is -0.869. The number of hydrogen-bond donors (Lipinski definition) is 3. The second kappa shape index (κ2) is 9.08. The molecule has 0 aliphatic carbocycles. The molecule has 0 saturated carbocycles. The van der Waals surface area contributed by atoms with E-state index in [2.05, 4.69) is 25.3 Å². The predicted octanol–water partition coefficient (Wildman–Crippen LogP) is 2.51. The normalized spacial score (nSPS) is 10.5. The van der Waals surface area contributed by atoms with Crippen molar-refractivity contribution in [1.29, 1.82) is 0 Å². The first-order chi connectivity index (χ1) is 12.5. The van der Waals surface area contributed by atoms with Gasteiger partial charge >= 0.3 is 6.16 Å². The van der Waals surface area contributed by atoms with Gasteiger partial charge in [0, 0.05) is 13.0 Å². The second-order valence-electron chi connectivity index (χ2n) is 4.91. The Morgan fingerprint density at radius 1 is 1.15 bits per heavy atom. The summed E-state index contributed by atoms with van der Waals surface area (Å²) in [5.41, 5.74) is 11.7. The average molecular weight is 358 g/mol. The van der Waals surface area contributed by atoms with Gasteiger partial charge in [-0.25, -0.2) is 9.78 Å². The number of carbonyl (C=O) groups is 2. The molecular formula is C16H18N6O4. The van der Waals surface area contributed by atoms with Gasteiger partial charge in [0.05, 0.1) is 7.11 Å². The third-order valence-corrected chi connectivity index (χ3v) is 3.03. The molecule has 2 aromatic rings. The molecule has 0 fully saturated rings. The Kier molecular flexibility index (Phi) is 6.57. The predicted molar refractivity (Wildman–Crippen MR) is 94.6 cm³/mol. The Morgan fingerprint density at radius 3 is 2.58 bits per heavy atom. The topological polar surface area (TPSA) is 154 Å². The van der Waals surface area contributed by atoms with Gasteiger partial charge in [-0.05, 0) is 24.3 Å². The van der Waals surface area contributed by atoms with Gasteiger partial charge in [0.2, 0.25) is 5.91 Å². The summed E-state index contributed by atoms with van der Waals surface area (Å²) in [6, 6.07) is 9.61. The fourth-order valence-corrected chi connectivity index (χ4v) is 1.82. The van der Waals surface area contributed by atoms with Crippen molar-refractivity contribution in [3.8, 4) is 5.75 Å². The van der Waals surface area contributed by atoms with Crippen molar-refractivity contribution in [3.05, 3.63) is 36.4 Å². The Bertz CT molecular complexity index is 824. The van der Waals surface area contributed by atoms with Crippen LogP contribution in [0.15, 0.2) is 46.6 Å². The van der Waals surface area contributed by atoms with E-state index in [9.17, 15) is 9.59 Å². The van der Waals surface area contributed by atoms with Crippen LogP contribution in [0.3, 0.4) is 0 Å². The fourth-order valence-electron chi connectivity index (χ4n) is 1.82. The molecule has 1 aromatic carbocycles. The summed E-state index contributed by atoms with van der Waals surface area (Å²) in [5, 5.41) is 10.6. The summed E-state index contributed by atoms with van der Waals surface area (Å²) in [6.07, 6.45) is -0.688. The summed E-state index contributed by atoms with van der Waals surface area (Å²) in [7, 11) is 1.20. The molecule has 0 bridgehead atoms. The summed E-state index contributed by atoms with van der Waals surface area (Å²) >= 11 is 0. The molecule has 10 nitrogen and oxygen atoms in total.